The van der Waals surface area contributed by atoms with Crippen LogP contribution < -0.4 is 5.73 Å². The standard InChI is InChI=1S/C20H39N3O5S/c1-7-10-17(24)22(4)16(14-29-12-9-8-11-28-6)19(26)23(5)15(18(21)25)13-20(2,3)27/h15-16,27H,7-14H2,1-6H3,(H2,21,25)/t15-,16+/m0/s1. The highest BCUT2D eigenvalue weighted by molar-refractivity contribution is 7.99. The molecule has 0 aromatic rings. The Kier molecular flexibility index (Phi) is 13.2. The summed E-state index contributed by atoms with van der Waals surface area (Å²) in [6, 6.07) is -1.65. The lowest BCUT2D eigenvalue weighted by Crippen LogP contribution is -2.56. The van der Waals surface area contributed by atoms with Crippen LogP contribution in [0.3, 0.4) is 0 Å². The third-order valence-corrected chi connectivity index (χ3v) is 5.74. The van der Waals surface area contributed by atoms with Gasteiger partial charge >= 0.3 is 0 Å². The molecule has 0 aliphatic rings. The van der Waals surface area contributed by atoms with E-state index in [0.717, 1.165) is 18.6 Å². The van der Waals surface area contributed by atoms with Crippen LogP contribution in [0.2, 0.25) is 0 Å². The van der Waals surface area contributed by atoms with E-state index in [1.807, 2.05) is 6.92 Å². The molecule has 0 radical (unpaired) electrons. The number of thioether (sulfide) groups is 1. The lowest BCUT2D eigenvalue weighted by atomic mass is 9.97. The average Bonchev–Trinajstić information content (AvgIpc) is 2.63. The molecule has 0 bridgehead atoms. The number of carbonyl (C=O) groups is 3. The summed E-state index contributed by atoms with van der Waals surface area (Å²) in [6.07, 6.45) is 2.94. The molecule has 0 aliphatic carbocycles. The van der Waals surface area contributed by atoms with Gasteiger partial charge in [0.05, 0.1) is 5.60 Å². The minimum Gasteiger partial charge on any atom is -0.390 e. The molecule has 0 heterocycles. The Morgan fingerprint density at radius 1 is 1.14 bits per heavy atom. The Labute approximate surface area is 179 Å². The van der Waals surface area contributed by atoms with Crippen molar-refractivity contribution in [1.82, 2.24) is 9.80 Å². The van der Waals surface area contributed by atoms with Crippen molar-refractivity contribution in [2.45, 2.75) is 70.6 Å². The van der Waals surface area contributed by atoms with Gasteiger partial charge in [0, 0.05) is 46.4 Å². The second kappa shape index (κ2) is 13.8. The molecule has 0 saturated carbocycles. The third kappa shape index (κ3) is 10.9. The summed E-state index contributed by atoms with van der Waals surface area (Å²) in [6.45, 7) is 5.72. The van der Waals surface area contributed by atoms with Crippen molar-refractivity contribution in [1.29, 1.82) is 0 Å². The monoisotopic (exact) mass is 433 g/mol. The molecule has 0 aromatic carbocycles. The minimum atomic E-state index is -1.16. The normalized spacial score (nSPS) is 13.6. The second-order valence-corrected chi connectivity index (χ2v) is 9.08. The zero-order valence-corrected chi connectivity index (χ0v) is 19.6. The number of methoxy groups -OCH3 is 1. The summed E-state index contributed by atoms with van der Waals surface area (Å²) in [5, 5.41) is 10.1. The number of ether oxygens (including phenoxy) is 1. The van der Waals surface area contributed by atoms with Gasteiger partial charge in [-0.1, -0.05) is 6.92 Å². The van der Waals surface area contributed by atoms with Crippen molar-refractivity contribution in [3.63, 3.8) is 0 Å². The highest BCUT2D eigenvalue weighted by atomic mass is 32.2. The number of carbonyl (C=O) groups excluding carboxylic acids is 3. The van der Waals surface area contributed by atoms with Crippen LogP contribution in [-0.2, 0) is 19.1 Å². The lowest BCUT2D eigenvalue weighted by Gasteiger charge is -2.35. The fraction of sp³-hybridized carbons (Fsp3) is 0.850. The first-order valence-corrected chi connectivity index (χ1v) is 11.2. The van der Waals surface area contributed by atoms with Crippen molar-refractivity contribution in [3.8, 4) is 0 Å². The van der Waals surface area contributed by atoms with Gasteiger partial charge in [-0.25, -0.2) is 0 Å². The summed E-state index contributed by atoms with van der Waals surface area (Å²) in [7, 11) is 4.78. The Bertz CT molecular complexity index is 525. The molecule has 0 saturated heterocycles. The third-order valence-electron chi connectivity index (χ3n) is 4.61. The first kappa shape index (κ1) is 27.7. The molecule has 8 nitrogen and oxygen atoms in total. The topological polar surface area (TPSA) is 113 Å². The van der Waals surface area contributed by atoms with E-state index in [4.69, 9.17) is 10.5 Å². The summed E-state index contributed by atoms with van der Waals surface area (Å²) in [5.41, 5.74) is 4.33. The van der Waals surface area contributed by atoms with E-state index in [1.165, 1.54) is 16.8 Å². The molecule has 0 fully saturated rings. The largest absolute Gasteiger partial charge is 0.390 e. The Balaban J connectivity index is 5.30. The first-order valence-electron chi connectivity index (χ1n) is 10.1. The number of hydrogen-bond acceptors (Lipinski definition) is 6. The maximum atomic E-state index is 13.2. The fourth-order valence-corrected chi connectivity index (χ4v) is 4.01. The Morgan fingerprint density at radius 2 is 1.76 bits per heavy atom. The van der Waals surface area contributed by atoms with E-state index >= 15 is 0 Å². The number of aliphatic hydroxyl groups is 1. The number of hydrogen-bond donors (Lipinski definition) is 2. The van der Waals surface area contributed by atoms with Crippen molar-refractivity contribution < 1.29 is 24.2 Å². The maximum Gasteiger partial charge on any atom is 0.246 e. The van der Waals surface area contributed by atoms with Crippen LogP contribution in [0.5, 0.6) is 0 Å². The van der Waals surface area contributed by atoms with Gasteiger partial charge in [-0.05, 0) is 38.9 Å². The number of nitrogens with zero attached hydrogens (tertiary/aromatic N) is 2. The summed E-state index contributed by atoms with van der Waals surface area (Å²) >= 11 is 1.59. The van der Waals surface area contributed by atoms with Crippen molar-refractivity contribution in [3.05, 3.63) is 0 Å². The molecule has 170 valence electrons. The van der Waals surface area contributed by atoms with Gasteiger partial charge in [-0.2, -0.15) is 11.8 Å². The van der Waals surface area contributed by atoms with E-state index in [0.29, 0.717) is 25.2 Å². The highest BCUT2D eigenvalue weighted by Crippen LogP contribution is 2.19. The van der Waals surface area contributed by atoms with E-state index in [9.17, 15) is 19.5 Å². The van der Waals surface area contributed by atoms with E-state index in [-0.39, 0.29) is 18.2 Å². The number of nitrogens with two attached hydrogens (primary N) is 1. The van der Waals surface area contributed by atoms with Crippen LogP contribution >= 0.6 is 11.8 Å². The van der Waals surface area contributed by atoms with Crippen molar-refractivity contribution in [2.24, 2.45) is 5.73 Å². The van der Waals surface area contributed by atoms with Crippen LogP contribution in [0, 0.1) is 0 Å². The van der Waals surface area contributed by atoms with Crippen LogP contribution in [0.15, 0.2) is 0 Å². The zero-order chi connectivity index (χ0) is 22.6. The van der Waals surface area contributed by atoms with Crippen LogP contribution in [-0.4, -0.2) is 89.6 Å². The summed E-state index contributed by atoms with van der Waals surface area (Å²) < 4.78 is 5.04. The molecular weight excluding hydrogens is 394 g/mol. The van der Waals surface area contributed by atoms with Gasteiger partial charge < -0.3 is 25.4 Å². The molecule has 2 atom stereocenters. The maximum absolute atomic E-state index is 13.2. The minimum absolute atomic E-state index is 0.0219. The number of rotatable bonds is 15. The SMILES string of the molecule is CCCC(=O)N(C)[C@H](CSCCCCOC)C(=O)N(C)[C@@H](CC(C)(C)O)C(N)=O. The van der Waals surface area contributed by atoms with Crippen molar-refractivity contribution in [2.75, 3.05) is 39.3 Å². The summed E-state index contributed by atoms with van der Waals surface area (Å²) in [4.78, 5) is 40.3. The van der Waals surface area contributed by atoms with Crippen LogP contribution in [0.4, 0.5) is 0 Å². The zero-order valence-electron chi connectivity index (χ0n) is 18.8. The molecule has 3 amide bonds. The van der Waals surface area contributed by atoms with Crippen LogP contribution in [0.1, 0.15) is 52.9 Å². The number of likely N-dealkylation sites (N-methyl/N-ethyl adjacent to an activating group) is 2. The van der Waals surface area contributed by atoms with Crippen LogP contribution in [0.25, 0.3) is 0 Å². The van der Waals surface area contributed by atoms with Gasteiger partial charge in [0.15, 0.2) is 0 Å². The van der Waals surface area contributed by atoms with Gasteiger partial charge in [-0.15, -0.1) is 0 Å². The highest BCUT2D eigenvalue weighted by Gasteiger charge is 2.36. The smallest absolute Gasteiger partial charge is 0.246 e. The molecule has 29 heavy (non-hydrogen) atoms. The molecule has 9 heteroatoms. The number of primary amides is 1. The van der Waals surface area contributed by atoms with E-state index in [1.54, 1.807) is 39.8 Å². The number of amides is 3. The predicted octanol–water partition coefficient (Wildman–Crippen LogP) is 1.25. The second-order valence-electron chi connectivity index (χ2n) is 7.93. The van der Waals surface area contributed by atoms with E-state index < -0.39 is 23.6 Å². The summed E-state index contributed by atoms with van der Waals surface area (Å²) in [5.74, 6) is 0.120. The average molecular weight is 434 g/mol. The van der Waals surface area contributed by atoms with E-state index in [2.05, 4.69) is 0 Å². The molecule has 0 unspecified atom stereocenters. The first-order chi connectivity index (χ1) is 13.5. The fourth-order valence-electron chi connectivity index (χ4n) is 2.85. The van der Waals surface area contributed by atoms with Gasteiger partial charge in [0.1, 0.15) is 12.1 Å². The number of unbranched alkanes of at least 4 members (excludes halogenated alkanes) is 1. The van der Waals surface area contributed by atoms with Gasteiger partial charge in [0.25, 0.3) is 0 Å². The molecule has 3 N–H and O–H groups in total. The Morgan fingerprint density at radius 3 is 2.24 bits per heavy atom. The molecular formula is C20H39N3O5S. The van der Waals surface area contributed by atoms with Crippen molar-refractivity contribution >= 4 is 29.5 Å². The van der Waals surface area contributed by atoms with Gasteiger partial charge in [-0.3, -0.25) is 14.4 Å². The van der Waals surface area contributed by atoms with Gasteiger partial charge in [0.2, 0.25) is 17.7 Å². The molecule has 0 aromatic heterocycles. The molecule has 0 aliphatic heterocycles. The predicted molar refractivity (Wildman–Crippen MR) is 117 cm³/mol. The molecule has 0 spiro atoms. The lowest BCUT2D eigenvalue weighted by molar-refractivity contribution is -0.147. The molecule has 0 rings (SSSR count). The Hall–Kier alpha value is -1.32. The quantitative estimate of drug-likeness (QED) is 0.376.